The van der Waals surface area contributed by atoms with Crippen LogP contribution < -0.4 is 5.46 Å². The maximum atomic E-state index is 12.0. The molecule has 1 aromatic rings. The summed E-state index contributed by atoms with van der Waals surface area (Å²) in [6.07, 6.45) is -0.946. The summed E-state index contributed by atoms with van der Waals surface area (Å²) in [5.74, 6) is -2.10. The highest BCUT2D eigenvalue weighted by atomic mass is 16.7. The van der Waals surface area contributed by atoms with E-state index in [1.54, 1.807) is 19.1 Å². The second kappa shape index (κ2) is 7.19. The minimum atomic E-state index is -0.989. The van der Waals surface area contributed by atoms with Crippen molar-refractivity contribution in [2.24, 2.45) is 0 Å². The molecule has 0 N–H and O–H groups in total. The van der Waals surface area contributed by atoms with Crippen molar-refractivity contribution in [1.29, 1.82) is 0 Å². The van der Waals surface area contributed by atoms with Gasteiger partial charge in [-0.1, -0.05) is 37.3 Å². The molecule has 0 spiro atoms. The maximum absolute atomic E-state index is 12.0. The first-order chi connectivity index (χ1) is 10.5. The van der Waals surface area contributed by atoms with Crippen LogP contribution in [0.15, 0.2) is 30.3 Å². The van der Waals surface area contributed by atoms with E-state index >= 15 is 0 Å². The lowest BCUT2D eigenvalue weighted by molar-refractivity contribution is -0.205. The average Bonchev–Trinajstić information content (AvgIpc) is 3.02. The molecule has 2 rings (SSSR count). The van der Waals surface area contributed by atoms with Gasteiger partial charge in [0, 0.05) is 13.3 Å². The molecule has 0 aromatic heterocycles. The molecule has 1 unspecified atom stereocenters. The van der Waals surface area contributed by atoms with Crippen LogP contribution in [0.5, 0.6) is 0 Å². The molecule has 0 bridgehead atoms. The Bertz CT molecular complexity index is 564. The van der Waals surface area contributed by atoms with Gasteiger partial charge < -0.3 is 14.1 Å². The zero-order valence-corrected chi connectivity index (χ0v) is 12.4. The van der Waals surface area contributed by atoms with Crippen LogP contribution in [-0.4, -0.2) is 42.7 Å². The number of hydroxylamine groups is 2. The Kier molecular flexibility index (Phi) is 5.29. The second-order valence-corrected chi connectivity index (χ2v) is 4.67. The fourth-order valence-electron chi connectivity index (χ4n) is 1.89. The van der Waals surface area contributed by atoms with E-state index in [1.807, 2.05) is 18.2 Å². The smallest absolute Gasteiger partial charge is 0.404 e. The highest BCUT2D eigenvalue weighted by Crippen LogP contribution is 2.12. The van der Waals surface area contributed by atoms with Gasteiger partial charge in [0.15, 0.2) is 6.10 Å². The minimum Gasteiger partial charge on any atom is -0.404 e. The molecule has 0 saturated carbocycles. The zero-order chi connectivity index (χ0) is 16.1. The Balaban J connectivity index is 1.97. The van der Waals surface area contributed by atoms with Gasteiger partial charge >= 0.3 is 13.1 Å². The molecule has 1 aliphatic heterocycles. The first kappa shape index (κ1) is 16.2. The van der Waals surface area contributed by atoms with E-state index in [1.165, 1.54) is 0 Å². The molecular weight excluding hydrogens is 289 g/mol. The third kappa shape index (κ3) is 3.72. The summed E-state index contributed by atoms with van der Waals surface area (Å²) in [5, 5.41) is 0.446. The molecule has 1 atom stereocenters. The molecule has 1 aliphatic rings. The van der Waals surface area contributed by atoms with Crippen LogP contribution in [0.3, 0.4) is 0 Å². The van der Waals surface area contributed by atoms with Crippen LogP contribution in [0, 0.1) is 0 Å². The van der Waals surface area contributed by atoms with Gasteiger partial charge in [-0.05, 0) is 5.46 Å². The van der Waals surface area contributed by atoms with Crippen molar-refractivity contribution in [2.45, 2.75) is 26.4 Å². The summed E-state index contributed by atoms with van der Waals surface area (Å²) < 4.78 is 10.8. The van der Waals surface area contributed by atoms with E-state index in [0.29, 0.717) is 5.06 Å². The van der Waals surface area contributed by atoms with Gasteiger partial charge in [-0.2, -0.15) is 0 Å². The molecule has 0 aliphatic carbocycles. The summed E-state index contributed by atoms with van der Waals surface area (Å²) >= 11 is 0. The monoisotopic (exact) mass is 305 g/mol. The van der Waals surface area contributed by atoms with Crippen molar-refractivity contribution in [2.75, 3.05) is 6.61 Å². The number of imide groups is 1. The van der Waals surface area contributed by atoms with Crippen molar-refractivity contribution in [3.05, 3.63) is 30.3 Å². The quantitative estimate of drug-likeness (QED) is 0.579. The highest BCUT2D eigenvalue weighted by molar-refractivity contribution is 6.62. The predicted octanol–water partition coefficient (Wildman–Crippen LogP) is 0.0405. The van der Waals surface area contributed by atoms with Crippen LogP contribution in [0.4, 0.5) is 0 Å². The summed E-state index contributed by atoms with van der Waals surface area (Å²) in [6, 6.07) is 9.11. The van der Waals surface area contributed by atoms with E-state index in [2.05, 4.69) is 0 Å². The first-order valence-corrected chi connectivity index (χ1v) is 6.90. The van der Waals surface area contributed by atoms with Gasteiger partial charge in [0.2, 0.25) is 0 Å². The highest BCUT2D eigenvalue weighted by Gasteiger charge is 2.39. The molecule has 0 radical (unpaired) electrons. The van der Waals surface area contributed by atoms with Crippen molar-refractivity contribution in [3.8, 4) is 0 Å². The van der Waals surface area contributed by atoms with Gasteiger partial charge in [0.25, 0.3) is 11.8 Å². The molecule has 7 nitrogen and oxygen atoms in total. The normalized spacial score (nSPS) is 17.2. The SMILES string of the molecule is CCC(=O)N(OC(=O)C1COB(c2ccccc2)O1)C(C)=O. The lowest BCUT2D eigenvalue weighted by Gasteiger charge is -2.18. The van der Waals surface area contributed by atoms with Crippen LogP contribution in [0.2, 0.25) is 0 Å². The third-order valence-electron chi connectivity index (χ3n) is 3.02. The number of hydrogen-bond acceptors (Lipinski definition) is 6. The van der Waals surface area contributed by atoms with Crippen LogP contribution in [0.25, 0.3) is 0 Å². The summed E-state index contributed by atoms with van der Waals surface area (Å²) in [6.45, 7) is 2.69. The van der Waals surface area contributed by atoms with Gasteiger partial charge in [-0.15, -0.1) is 5.06 Å². The Labute approximate surface area is 128 Å². The fraction of sp³-hybridized carbons (Fsp3) is 0.357. The summed E-state index contributed by atoms with van der Waals surface area (Å²) in [7, 11) is -0.675. The maximum Gasteiger partial charge on any atom is 0.494 e. The average molecular weight is 305 g/mol. The number of nitrogens with zero attached hydrogens (tertiary/aromatic N) is 1. The van der Waals surface area contributed by atoms with Crippen LogP contribution in [-0.2, 0) is 28.5 Å². The predicted molar refractivity (Wildman–Crippen MR) is 76.6 cm³/mol. The van der Waals surface area contributed by atoms with E-state index in [9.17, 15) is 14.4 Å². The van der Waals surface area contributed by atoms with Crippen molar-refractivity contribution in [3.63, 3.8) is 0 Å². The molecule has 116 valence electrons. The standard InChI is InChI=1S/C14H16BNO6/c1-3-13(18)16(10(2)17)22-14(19)12-9-20-15(21-12)11-7-5-4-6-8-11/h4-8,12H,3,9H2,1-2H3. The second-order valence-electron chi connectivity index (χ2n) is 4.67. The molecular formula is C14H16BNO6. The molecule has 1 heterocycles. The summed E-state index contributed by atoms with van der Waals surface area (Å²) in [5.41, 5.74) is 0.769. The number of carbonyl (C=O) groups excluding carboxylic acids is 3. The van der Waals surface area contributed by atoms with E-state index < -0.39 is 31.0 Å². The first-order valence-electron chi connectivity index (χ1n) is 6.90. The molecule has 1 aromatic carbocycles. The third-order valence-corrected chi connectivity index (χ3v) is 3.02. The van der Waals surface area contributed by atoms with Crippen molar-refractivity contribution >= 4 is 30.4 Å². The number of amides is 2. The van der Waals surface area contributed by atoms with E-state index in [0.717, 1.165) is 12.4 Å². The van der Waals surface area contributed by atoms with Crippen molar-refractivity contribution < 1.29 is 28.5 Å². The largest absolute Gasteiger partial charge is 0.494 e. The van der Waals surface area contributed by atoms with Gasteiger partial charge in [0.05, 0.1) is 6.61 Å². The number of benzene rings is 1. The fourth-order valence-corrected chi connectivity index (χ4v) is 1.89. The van der Waals surface area contributed by atoms with Gasteiger partial charge in [0.1, 0.15) is 0 Å². The lowest BCUT2D eigenvalue weighted by atomic mass is 9.79. The Morgan fingerprint density at radius 2 is 2.00 bits per heavy atom. The zero-order valence-electron chi connectivity index (χ0n) is 12.4. The number of rotatable bonds is 3. The molecule has 2 amide bonds. The number of hydrogen-bond donors (Lipinski definition) is 0. The number of carbonyl (C=O) groups is 3. The van der Waals surface area contributed by atoms with E-state index in [-0.39, 0.29) is 13.0 Å². The summed E-state index contributed by atoms with van der Waals surface area (Å²) in [4.78, 5) is 39.7. The van der Waals surface area contributed by atoms with Crippen LogP contribution in [0.1, 0.15) is 20.3 Å². The minimum absolute atomic E-state index is 0.00947. The molecule has 1 fully saturated rings. The Morgan fingerprint density at radius 1 is 1.32 bits per heavy atom. The van der Waals surface area contributed by atoms with Gasteiger partial charge in [-0.25, -0.2) is 4.79 Å². The Hall–Kier alpha value is -2.19. The molecule has 1 saturated heterocycles. The van der Waals surface area contributed by atoms with Crippen molar-refractivity contribution in [1.82, 2.24) is 5.06 Å². The Morgan fingerprint density at radius 3 is 2.59 bits per heavy atom. The topological polar surface area (TPSA) is 82.1 Å². The molecule has 8 heteroatoms. The molecule has 22 heavy (non-hydrogen) atoms. The lowest BCUT2D eigenvalue weighted by Crippen LogP contribution is -2.41. The van der Waals surface area contributed by atoms with Gasteiger partial charge in [-0.3, -0.25) is 9.59 Å². The van der Waals surface area contributed by atoms with Crippen LogP contribution >= 0.6 is 0 Å². The van der Waals surface area contributed by atoms with E-state index in [4.69, 9.17) is 14.1 Å².